The first-order valence-corrected chi connectivity index (χ1v) is 6.14. The Morgan fingerprint density at radius 3 is 2.55 bits per heavy atom. The number of rotatable bonds is 2. The molecule has 3 rings (SSSR count). The summed E-state index contributed by atoms with van der Waals surface area (Å²) in [6.45, 7) is 1.71. The van der Waals surface area contributed by atoms with Gasteiger partial charge < -0.3 is 4.42 Å². The third-order valence-electron chi connectivity index (χ3n) is 3.25. The van der Waals surface area contributed by atoms with Gasteiger partial charge in [-0.25, -0.2) is 0 Å². The molecule has 5 heteroatoms. The van der Waals surface area contributed by atoms with Crippen LogP contribution >= 0.6 is 0 Å². The van der Waals surface area contributed by atoms with Crippen LogP contribution in [0, 0.1) is 17.0 Å². The molecule has 0 saturated heterocycles. The minimum absolute atomic E-state index is 0.0387. The highest BCUT2D eigenvalue weighted by atomic mass is 16.6. The Morgan fingerprint density at radius 2 is 1.90 bits per heavy atom. The number of nitrogens with zero attached hydrogens (tertiary/aromatic N) is 1. The van der Waals surface area contributed by atoms with Crippen molar-refractivity contribution in [3.05, 3.63) is 74.2 Å². The first kappa shape index (κ1) is 12.3. The molecule has 0 saturated carbocycles. The summed E-state index contributed by atoms with van der Waals surface area (Å²) >= 11 is 0. The van der Waals surface area contributed by atoms with Crippen LogP contribution in [-0.4, -0.2) is 4.92 Å². The summed E-state index contributed by atoms with van der Waals surface area (Å²) in [7, 11) is 0. The fourth-order valence-corrected chi connectivity index (χ4v) is 2.32. The number of hydrogen-bond acceptors (Lipinski definition) is 4. The Hall–Kier alpha value is -2.69. The Morgan fingerprint density at radius 1 is 1.20 bits per heavy atom. The van der Waals surface area contributed by atoms with E-state index >= 15 is 0 Å². The van der Waals surface area contributed by atoms with Crippen LogP contribution in [0.25, 0.3) is 11.0 Å². The summed E-state index contributed by atoms with van der Waals surface area (Å²) in [6.07, 6.45) is 7.42. The maximum atomic E-state index is 12.2. The second-order valence-electron chi connectivity index (χ2n) is 4.73. The average molecular weight is 269 g/mol. The predicted octanol–water partition coefficient (Wildman–Crippen LogP) is 3.22. The molecule has 2 aromatic rings. The highest BCUT2D eigenvalue weighted by Gasteiger charge is 2.20. The number of hydrogen-bond donors (Lipinski definition) is 0. The van der Waals surface area contributed by atoms with Gasteiger partial charge in [-0.2, -0.15) is 0 Å². The number of allylic oxidation sites excluding steroid dienone is 4. The van der Waals surface area contributed by atoms with Gasteiger partial charge in [-0.15, -0.1) is 0 Å². The summed E-state index contributed by atoms with van der Waals surface area (Å²) in [4.78, 5) is 22.8. The molecule has 0 aliphatic heterocycles. The summed E-state index contributed by atoms with van der Waals surface area (Å²) in [5.74, 6) is 0.271. The normalized spacial score (nSPS) is 14.2. The monoisotopic (exact) mass is 269 g/mol. The molecular weight excluding hydrogens is 258 g/mol. The summed E-state index contributed by atoms with van der Waals surface area (Å²) < 4.78 is 5.63. The van der Waals surface area contributed by atoms with Gasteiger partial charge in [0.15, 0.2) is 5.43 Å². The lowest BCUT2D eigenvalue weighted by atomic mass is 10.1. The molecule has 1 aliphatic rings. The van der Waals surface area contributed by atoms with Crippen LogP contribution in [0.3, 0.4) is 0 Å². The number of fused-ring (bicyclic) bond motifs is 1. The van der Waals surface area contributed by atoms with Gasteiger partial charge in [0.2, 0.25) is 5.58 Å². The van der Waals surface area contributed by atoms with Crippen molar-refractivity contribution >= 4 is 16.7 Å². The third-order valence-corrected chi connectivity index (χ3v) is 3.25. The lowest BCUT2D eigenvalue weighted by Gasteiger charge is -2.07. The highest BCUT2D eigenvalue weighted by Crippen LogP contribution is 2.30. The van der Waals surface area contributed by atoms with Crippen molar-refractivity contribution in [3.63, 3.8) is 0 Å². The lowest BCUT2D eigenvalue weighted by molar-refractivity contribution is -0.383. The molecule has 5 nitrogen and oxygen atoms in total. The fraction of sp³-hybridized carbons (Fsp3) is 0.133. The van der Waals surface area contributed by atoms with Crippen LogP contribution in [-0.2, 0) is 0 Å². The van der Waals surface area contributed by atoms with Gasteiger partial charge in [0, 0.05) is 12.1 Å². The Balaban J connectivity index is 2.34. The molecular formula is C15H11NO4. The zero-order valence-corrected chi connectivity index (χ0v) is 10.7. The van der Waals surface area contributed by atoms with E-state index in [1.807, 2.05) is 24.3 Å². The number of nitro groups is 1. The smallest absolute Gasteiger partial charge is 0.312 e. The van der Waals surface area contributed by atoms with Gasteiger partial charge in [0.1, 0.15) is 5.76 Å². The van der Waals surface area contributed by atoms with E-state index in [4.69, 9.17) is 4.42 Å². The lowest BCUT2D eigenvalue weighted by Crippen LogP contribution is -2.05. The largest absolute Gasteiger partial charge is 0.453 e. The van der Waals surface area contributed by atoms with Crippen LogP contribution < -0.4 is 5.43 Å². The van der Waals surface area contributed by atoms with Gasteiger partial charge in [0.25, 0.3) is 0 Å². The van der Waals surface area contributed by atoms with Crippen molar-refractivity contribution < 1.29 is 9.34 Å². The molecule has 0 N–H and O–H groups in total. The van der Waals surface area contributed by atoms with Crippen molar-refractivity contribution in [1.29, 1.82) is 0 Å². The zero-order chi connectivity index (χ0) is 14.3. The SMILES string of the molecule is Cc1cc([N+](=O)[O-])c2oc(C3C=CC=C3)cc(=O)c2c1. The maximum Gasteiger partial charge on any atom is 0.312 e. The predicted molar refractivity (Wildman–Crippen MR) is 74.9 cm³/mol. The van der Waals surface area contributed by atoms with Gasteiger partial charge >= 0.3 is 5.69 Å². The molecule has 1 aromatic heterocycles. The van der Waals surface area contributed by atoms with Gasteiger partial charge in [-0.05, 0) is 18.6 Å². The Bertz CT molecular complexity index is 818. The molecule has 20 heavy (non-hydrogen) atoms. The van der Waals surface area contributed by atoms with Crippen molar-refractivity contribution in [2.45, 2.75) is 12.8 Å². The summed E-state index contributed by atoms with van der Waals surface area (Å²) in [6, 6.07) is 4.42. The van der Waals surface area contributed by atoms with E-state index in [0.29, 0.717) is 11.3 Å². The second kappa shape index (κ2) is 4.45. The molecule has 1 heterocycles. The number of non-ortho nitro benzene ring substituents is 1. The first-order valence-electron chi connectivity index (χ1n) is 6.14. The topological polar surface area (TPSA) is 73.3 Å². The second-order valence-corrected chi connectivity index (χ2v) is 4.73. The number of benzene rings is 1. The Kier molecular flexibility index (Phi) is 2.75. The molecule has 0 spiro atoms. The van der Waals surface area contributed by atoms with E-state index < -0.39 is 4.92 Å². The third kappa shape index (κ3) is 1.93. The zero-order valence-electron chi connectivity index (χ0n) is 10.7. The summed E-state index contributed by atoms with van der Waals surface area (Å²) in [5.41, 5.74) is 0.258. The molecule has 0 amide bonds. The number of nitro benzene ring substituents is 1. The molecule has 0 radical (unpaired) electrons. The molecule has 0 bridgehead atoms. The number of aryl methyl sites for hydroxylation is 1. The average Bonchev–Trinajstić information content (AvgIpc) is 2.92. The minimum atomic E-state index is -0.525. The molecule has 1 aliphatic carbocycles. The van der Waals surface area contributed by atoms with Gasteiger partial charge in [-0.3, -0.25) is 14.9 Å². The van der Waals surface area contributed by atoms with Gasteiger partial charge in [-0.1, -0.05) is 24.3 Å². The van der Waals surface area contributed by atoms with Crippen LogP contribution in [0.15, 0.2) is 51.7 Å². The quantitative estimate of drug-likeness (QED) is 0.619. The highest BCUT2D eigenvalue weighted by molar-refractivity contribution is 5.86. The summed E-state index contributed by atoms with van der Waals surface area (Å²) in [5, 5.41) is 11.4. The Labute approximate surface area is 114 Å². The van der Waals surface area contributed by atoms with Crippen molar-refractivity contribution in [2.24, 2.45) is 0 Å². The van der Waals surface area contributed by atoms with Crippen molar-refractivity contribution in [3.8, 4) is 0 Å². The molecule has 100 valence electrons. The van der Waals surface area contributed by atoms with Gasteiger partial charge in [0.05, 0.1) is 16.2 Å². The molecule has 1 aromatic carbocycles. The van der Waals surface area contributed by atoms with Crippen molar-refractivity contribution in [1.82, 2.24) is 0 Å². The molecule has 0 unspecified atom stereocenters. The van der Waals surface area contributed by atoms with Crippen LogP contribution in [0.2, 0.25) is 0 Å². The first-order chi connectivity index (χ1) is 9.56. The minimum Gasteiger partial charge on any atom is -0.453 e. The van der Waals surface area contributed by atoms with E-state index in [1.54, 1.807) is 13.0 Å². The molecule has 0 atom stereocenters. The fourth-order valence-electron chi connectivity index (χ4n) is 2.32. The van der Waals surface area contributed by atoms with E-state index in [9.17, 15) is 14.9 Å². The van der Waals surface area contributed by atoms with E-state index in [2.05, 4.69) is 0 Å². The van der Waals surface area contributed by atoms with Crippen LogP contribution in [0.1, 0.15) is 17.2 Å². The molecule has 0 fully saturated rings. The van der Waals surface area contributed by atoms with E-state index in [0.717, 1.165) is 0 Å². The maximum absolute atomic E-state index is 12.2. The standard InChI is InChI=1S/C15H11NO4/c1-9-6-11-13(17)8-14(10-4-2-3-5-10)20-15(11)12(7-9)16(18)19/h2-8,10H,1H3. The van der Waals surface area contributed by atoms with E-state index in [-0.39, 0.29) is 28.0 Å². The van der Waals surface area contributed by atoms with E-state index in [1.165, 1.54) is 12.1 Å². The van der Waals surface area contributed by atoms with Crippen LogP contribution in [0.4, 0.5) is 5.69 Å². The van der Waals surface area contributed by atoms with Crippen LogP contribution in [0.5, 0.6) is 0 Å². The van der Waals surface area contributed by atoms with Crippen molar-refractivity contribution in [2.75, 3.05) is 0 Å².